The SMILES string of the molecule is COc1ccc(Nc2nnc(Sc3cccc(C#N)n3)s2)cc1. The molecular weight excluding hydrogens is 330 g/mol. The zero-order chi connectivity index (χ0) is 16.1. The van der Waals surface area contributed by atoms with Gasteiger partial charge in [-0.2, -0.15) is 5.26 Å². The fourth-order valence-corrected chi connectivity index (χ4v) is 3.43. The van der Waals surface area contributed by atoms with Crippen molar-refractivity contribution in [2.24, 2.45) is 0 Å². The Bertz CT molecular complexity index is 842. The van der Waals surface area contributed by atoms with Gasteiger partial charge in [0, 0.05) is 5.69 Å². The van der Waals surface area contributed by atoms with Crippen molar-refractivity contribution in [3.8, 4) is 11.8 Å². The van der Waals surface area contributed by atoms with E-state index in [-0.39, 0.29) is 0 Å². The summed E-state index contributed by atoms with van der Waals surface area (Å²) in [4.78, 5) is 4.21. The Hall–Kier alpha value is -2.63. The van der Waals surface area contributed by atoms with Gasteiger partial charge >= 0.3 is 0 Å². The summed E-state index contributed by atoms with van der Waals surface area (Å²) < 4.78 is 5.88. The molecule has 0 atom stereocenters. The summed E-state index contributed by atoms with van der Waals surface area (Å²) in [6.07, 6.45) is 0. The second-order valence-corrected chi connectivity index (χ2v) is 6.55. The highest BCUT2D eigenvalue weighted by Crippen LogP contribution is 2.32. The van der Waals surface area contributed by atoms with Crippen LogP contribution in [0, 0.1) is 11.3 Å². The van der Waals surface area contributed by atoms with Gasteiger partial charge in [0.2, 0.25) is 5.13 Å². The third-order valence-corrected chi connectivity index (χ3v) is 4.60. The summed E-state index contributed by atoms with van der Waals surface area (Å²) in [5, 5.41) is 21.7. The van der Waals surface area contributed by atoms with E-state index in [2.05, 4.69) is 20.5 Å². The number of anilines is 2. The molecule has 0 fully saturated rings. The second-order valence-electron chi connectivity index (χ2n) is 4.30. The molecule has 0 saturated carbocycles. The Labute approximate surface area is 141 Å². The quantitative estimate of drug-likeness (QED) is 0.757. The van der Waals surface area contributed by atoms with Crippen LogP contribution in [-0.2, 0) is 0 Å². The first-order chi connectivity index (χ1) is 11.3. The van der Waals surface area contributed by atoms with Gasteiger partial charge in [-0.3, -0.25) is 0 Å². The molecule has 8 heteroatoms. The highest BCUT2D eigenvalue weighted by atomic mass is 32.2. The molecule has 0 aliphatic heterocycles. The lowest BCUT2D eigenvalue weighted by Gasteiger charge is -2.03. The van der Waals surface area contributed by atoms with E-state index in [4.69, 9.17) is 10.00 Å². The first-order valence-corrected chi connectivity index (χ1v) is 8.20. The molecule has 3 rings (SSSR count). The number of nitrogens with zero attached hydrogens (tertiary/aromatic N) is 4. The van der Waals surface area contributed by atoms with Crippen molar-refractivity contribution in [2.45, 2.75) is 9.37 Å². The normalized spacial score (nSPS) is 10.1. The zero-order valence-electron chi connectivity index (χ0n) is 12.1. The maximum Gasteiger partial charge on any atom is 0.210 e. The van der Waals surface area contributed by atoms with Gasteiger partial charge in [-0.05, 0) is 48.2 Å². The lowest BCUT2D eigenvalue weighted by Crippen LogP contribution is -1.89. The number of pyridine rings is 1. The van der Waals surface area contributed by atoms with E-state index in [1.165, 1.54) is 23.1 Å². The van der Waals surface area contributed by atoms with Crippen LogP contribution in [0.15, 0.2) is 51.8 Å². The summed E-state index contributed by atoms with van der Waals surface area (Å²) in [6.45, 7) is 0. The summed E-state index contributed by atoms with van der Waals surface area (Å²) in [5.41, 5.74) is 1.29. The van der Waals surface area contributed by atoms with Gasteiger partial charge in [0.15, 0.2) is 4.34 Å². The first-order valence-electron chi connectivity index (χ1n) is 6.56. The van der Waals surface area contributed by atoms with Crippen molar-refractivity contribution in [3.63, 3.8) is 0 Å². The van der Waals surface area contributed by atoms with E-state index in [1.807, 2.05) is 36.4 Å². The molecule has 0 aliphatic rings. The van der Waals surface area contributed by atoms with Gasteiger partial charge in [-0.1, -0.05) is 17.4 Å². The van der Waals surface area contributed by atoms with Crippen molar-refractivity contribution in [1.82, 2.24) is 15.2 Å². The number of benzene rings is 1. The molecule has 114 valence electrons. The molecule has 2 aromatic heterocycles. The predicted molar refractivity (Wildman–Crippen MR) is 89.3 cm³/mol. The lowest BCUT2D eigenvalue weighted by molar-refractivity contribution is 0.415. The Kier molecular flexibility index (Phi) is 4.71. The summed E-state index contributed by atoms with van der Waals surface area (Å²) in [7, 11) is 1.63. The average Bonchev–Trinajstić information content (AvgIpc) is 3.02. The second kappa shape index (κ2) is 7.09. The average molecular weight is 341 g/mol. The molecule has 1 N–H and O–H groups in total. The smallest absolute Gasteiger partial charge is 0.210 e. The van der Waals surface area contributed by atoms with Crippen molar-refractivity contribution >= 4 is 33.9 Å². The third kappa shape index (κ3) is 3.97. The van der Waals surface area contributed by atoms with E-state index in [0.717, 1.165) is 20.8 Å². The van der Waals surface area contributed by atoms with E-state index < -0.39 is 0 Å². The van der Waals surface area contributed by atoms with Crippen LogP contribution in [0.1, 0.15) is 5.69 Å². The molecule has 0 aliphatic carbocycles. The molecule has 0 amide bonds. The monoisotopic (exact) mass is 341 g/mol. The van der Waals surface area contributed by atoms with Gasteiger partial charge in [0.25, 0.3) is 0 Å². The summed E-state index contributed by atoms with van der Waals surface area (Å²) >= 11 is 2.80. The minimum atomic E-state index is 0.385. The van der Waals surface area contributed by atoms with Crippen LogP contribution in [0.3, 0.4) is 0 Å². The molecule has 23 heavy (non-hydrogen) atoms. The predicted octanol–water partition coefficient (Wildman–Crippen LogP) is 3.71. The molecule has 3 aromatic rings. The number of rotatable bonds is 5. The largest absolute Gasteiger partial charge is 0.497 e. The molecule has 1 aromatic carbocycles. The Balaban J connectivity index is 1.68. The third-order valence-electron chi connectivity index (χ3n) is 2.78. The maximum atomic E-state index is 8.87. The Morgan fingerprint density at radius 1 is 1.17 bits per heavy atom. The molecular formula is C15H11N5OS2. The number of aromatic nitrogens is 3. The molecule has 0 unspecified atom stereocenters. The maximum absolute atomic E-state index is 8.87. The topological polar surface area (TPSA) is 83.7 Å². The molecule has 0 spiro atoms. The van der Waals surface area contributed by atoms with Crippen molar-refractivity contribution in [1.29, 1.82) is 5.26 Å². The first kappa shape index (κ1) is 15.3. The minimum absolute atomic E-state index is 0.385. The van der Waals surface area contributed by atoms with Gasteiger partial charge in [0.05, 0.1) is 7.11 Å². The number of nitrogens with one attached hydrogen (secondary N) is 1. The highest BCUT2D eigenvalue weighted by Gasteiger charge is 2.08. The Morgan fingerprint density at radius 3 is 2.74 bits per heavy atom. The number of nitriles is 1. The van der Waals surface area contributed by atoms with E-state index in [0.29, 0.717) is 10.8 Å². The highest BCUT2D eigenvalue weighted by molar-refractivity contribution is 8.01. The fourth-order valence-electron chi connectivity index (χ4n) is 1.72. The molecule has 0 bridgehead atoms. The summed E-state index contributed by atoms with van der Waals surface area (Å²) in [5.74, 6) is 0.799. The van der Waals surface area contributed by atoms with Gasteiger partial charge in [-0.15, -0.1) is 10.2 Å². The lowest BCUT2D eigenvalue weighted by atomic mass is 10.3. The van der Waals surface area contributed by atoms with E-state index in [9.17, 15) is 0 Å². The van der Waals surface area contributed by atoms with Gasteiger partial charge in [-0.25, -0.2) is 4.98 Å². The zero-order valence-corrected chi connectivity index (χ0v) is 13.7. The van der Waals surface area contributed by atoms with Crippen LogP contribution in [-0.4, -0.2) is 22.3 Å². The molecule has 2 heterocycles. The molecule has 0 saturated heterocycles. The number of methoxy groups -OCH3 is 1. The number of hydrogen-bond donors (Lipinski definition) is 1. The summed E-state index contributed by atoms with van der Waals surface area (Å²) in [6, 6.07) is 14.9. The Morgan fingerprint density at radius 2 is 2.00 bits per heavy atom. The molecule has 0 radical (unpaired) electrons. The number of ether oxygens (including phenoxy) is 1. The van der Waals surface area contributed by atoms with Crippen molar-refractivity contribution < 1.29 is 4.74 Å². The van der Waals surface area contributed by atoms with Crippen LogP contribution in [0.25, 0.3) is 0 Å². The minimum Gasteiger partial charge on any atom is -0.497 e. The van der Waals surface area contributed by atoms with E-state index >= 15 is 0 Å². The van der Waals surface area contributed by atoms with Crippen molar-refractivity contribution in [3.05, 3.63) is 48.2 Å². The van der Waals surface area contributed by atoms with Crippen LogP contribution in [0.2, 0.25) is 0 Å². The van der Waals surface area contributed by atoms with E-state index in [1.54, 1.807) is 19.2 Å². The van der Waals surface area contributed by atoms with Crippen LogP contribution in [0.4, 0.5) is 10.8 Å². The molecule has 6 nitrogen and oxygen atoms in total. The van der Waals surface area contributed by atoms with Crippen LogP contribution < -0.4 is 10.1 Å². The fraction of sp³-hybridized carbons (Fsp3) is 0.0667. The standard InChI is InChI=1S/C15H11N5OS2/c1-21-12-7-5-10(6-8-12)18-14-19-20-15(23-14)22-13-4-2-3-11(9-16)17-13/h2-8H,1H3,(H,18,19). The number of hydrogen-bond acceptors (Lipinski definition) is 8. The van der Waals surface area contributed by atoms with Gasteiger partial charge in [0.1, 0.15) is 22.5 Å². The van der Waals surface area contributed by atoms with Crippen LogP contribution >= 0.6 is 23.1 Å². The van der Waals surface area contributed by atoms with Gasteiger partial charge < -0.3 is 10.1 Å². The van der Waals surface area contributed by atoms with Crippen LogP contribution in [0.5, 0.6) is 5.75 Å². The van der Waals surface area contributed by atoms with Crippen molar-refractivity contribution in [2.75, 3.05) is 12.4 Å².